The van der Waals surface area contributed by atoms with Crippen LogP contribution in [0, 0.1) is 25.2 Å². The fraction of sp³-hybridized carbons (Fsp3) is 0.333. The molecule has 0 fully saturated rings. The van der Waals surface area contributed by atoms with Crippen LogP contribution in [0.3, 0.4) is 0 Å². The van der Waals surface area contributed by atoms with Gasteiger partial charge in [0.05, 0.1) is 11.3 Å². The number of rotatable bonds is 5. The molecule has 0 aliphatic rings. The lowest BCUT2D eigenvalue weighted by atomic mass is 10.1. The van der Waals surface area contributed by atoms with Gasteiger partial charge in [0.2, 0.25) is 0 Å². The molecule has 0 saturated heterocycles. The van der Waals surface area contributed by atoms with Gasteiger partial charge in [0.25, 0.3) is 5.22 Å². The first-order valence-corrected chi connectivity index (χ1v) is 7.31. The van der Waals surface area contributed by atoms with Gasteiger partial charge in [-0.15, -0.1) is 0 Å². The Hall–Kier alpha value is -1.77. The van der Waals surface area contributed by atoms with E-state index in [0.29, 0.717) is 10.8 Å². The highest BCUT2D eigenvalue weighted by molar-refractivity contribution is 7.99. The summed E-state index contributed by atoms with van der Waals surface area (Å²) < 4.78 is 5.54. The van der Waals surface area contributed by atoms with E-state index in [1.165, 1.54) is 11.8 Å². The van der Waals surface area contributed by atoms with Crippen molar-refractivity contribution in [2.24, 2.45) is 0 Å². The number of oxazole rings is 1. The van der Waals surface area contributed by atoms with Gasteiger partial charge in [0.15, 0.2) is 0 Å². The lowest BCUT2D eigenvalue weighted by Crippen LogP contribution is -2.11. The molecule has 0 amide bonds. The van der Waals surface area contributed by atoms with Crippen molar-refractivity contribution in [2.45, 2.75) is 37.4 Å². The summed E-state index contributed by atoms with van der Waals surface area (Å²) >= 11 is 1.39. The highest BCUT2D eigenvalue weighted by atomic mass is 32.2. The Morgan fingerprint density at radius 1 is 1.40 bits per heavy atom. The molecule has 0 unspecified atom stereocenters. The van der Waals surface area contributed by atoms with E-state index in [-0.39, 0.29) is 0 Å². The number of nitriles is 1. The largest absolute Gasteiger partial charge is 0.436 e. The maximum absolute atomic E-state index is 9.27. The monoisotopic (exact) mass is 287 g/mol. The van der Waals surface area contributed by atoms with Gasteiger partial charge in [-0.2, -0.15) is 5.26 Å². The second-order valence-corrected chi connectivity index (χ2v) is 5.44. The minimum absolute atomic E-state index is 0.580. The maximum atomic E-state index is 9.27. The first-order chi connectivity index (χ1) is 9.63. The second kappa shape index (κ2) is 6.60. The Kier molecular flexibility index (Phi) is 4.83. The van der Waals surface area contributed by atoms with Crippen molar-refractivity contribution in [2.75, 3.05) is 6.54 Å². The van der Waals surface area contributed by atoms with Crippen molar-refractivity contribution < 1.29 is 4.42 Å². The zero-order valence-electron chi connectivity index (χ0n) is 11.9. The van der Waals surface area contributed by atoms with E-state index in [4.69, 9.17) is 4.42 Å². The zero-order valence-corrected chi connectivity index (χ0v) is 12.7. The predicted octanol–water partition coefficient (Wildman–Crippen LogP) is 3.42. The molecule has 1 heterocycles. The number of hydrogen-bond acceptors (Lipinski definition) is 5. The highest BCUT2D eigenvalue weighted by Gasteiger charge is 2.11. The average molecular weight is 287 g/mol. The Labute approximate surface area is 123 Å². The summed E-state index contributed by atoms with van der Waals surface area (Å²) in [4.78, 5) is 5.20. The van der Waals surface area contributed by atoms with Crippen molar-refractivity contribution in [3.63, 3.8) is 0 Å². The second-order valence-electron chi connectivity index (χ2n) is 4.45. The van der Waals surface area contributed by atoms with Gasteiger partial charge in [0, 0.05) is 11.4 Å². The van der Waals surface area contributed by atoms with Crippen LogP contribution in [0.2, 0.25) is 0 Å². The Bertz CT molecular complexity index is 624. The fourth-order valence-electron chi connectivity index (χ4n) is 1.71. The molecule has 1 aromatic heterocycles. The van der Waals surface area contributed by atoms with E-state index in [9.17, 15) is 5.26 Å². The summed E-state index contributed by atoms with van der Waals surface area (Å²) in [7, 11) is 0. The van der Waals surface area contributed by atoms with Crippen molar-refractivity contribution in [1.82, 2.24) is 10.3 Å². The Morgan fingerprint density at radius 2 is 2.20 bits per heavy atom. The van der Waals surface area contributed by atoms with Gasteiger partial charge in [-0.3, -0.25) is 0 Å². The molecule has 2 aromatic rings. The molecule has 0 spiro atoms. The molecule has 2 rings (SSSR count). The molecule has 4 nitrogen and oxygen atoms in total. The summed E-state index contributed by atoms with van der Waals surface area (Å²) in [5.74, 6) is 0.815. The van der Waals surface area contributed by atoms with Crippen LogP contribution in [0.1, 0.15) is 29.5 Å². The average Bonchev–Trinajstić information content (AvgIpc) is 2.76. The maximum Gasteiger partial charge on any atom is 0.261 e. The van der Waals surface area contributed by atoms with Crippen molar-refractivity contribution in [3.8, 4) is 6.07 Å². The molecular formula is C15H17N3OS. The van der Waals surface area contributed by atoms with Crippen LogP contribution < -0.4 is 5.32 Å². The standard InChI is InChI=1S/C15H17N3OS/c1-4-17-9-12-5-6-14(13(7-12)8-16)20-15-18-10(2)11(3)19-15/h5-7,17H,4,9H2,1-3H3. The molecular weight excluding hydrogens is 270 g/mol. The zero-order chi connectivity index (χ0) is 14.5. The van der Waals surface area contributed by atoms with Crippen LogP contribution in [-0.2, 0) is 6.54 Å². The van der Waals surface area contributed by atoms with Crippen LogP contribution in [0.15, 0.2) is 32.7 Å². The predicted molar refractivity (Wildman–Crippen MR) is 78.6 cm³/mol. The third kappa shape index (κ3) is 3.41. The smallest absolute Gasteiger partial charge is 0.261 e. The summed E-state index contributed by atoms with van der Waals surface area (Å²) in [6.45, 7) is 7.54. The molecule has 20 heavy (non-hydrogen) atoms. The van der Waals surface area contributed by atoms with E-state index in [1.807, 2.05) is 32.0 Å². The number of nitrogens with one attached hydrogen (secondary N) is 1. The molecule has 1 aromatic carbocycles. The highest BCUT2D eigenvalue weighted by Crippen LogP contribution is 2.31. The summed E-state index contributed by atoms with van der Waals surface area (Å²) in [6.07, 6.45) is 0. The number of benzene rings is 1. The van der Waals surface area contributed by atoms with Gasteiger partial charge in [0.1, 0.15) is 11.8 Å². The van der Waals surface area contributed by atoms with Crippen LogP contribution in [0.25, 0.3) is 0 Å². The minimum Gasteiger partial charge on any atom is -0.436 e. The first-order valence-electron chi connectivity index (χ1n) is 6.49. The molecule has 104 valence electrons. The molecule has 0 aliphatic carbocycles. The molecule has 0 saturated carbocycles. The van der Waals surface area contributed by atoms with Crippen molar-refractivity contribution >= 4 is 11.8 Å². The fourth-order valence-corrected chi connectivity index (χ4v) is 2.60. The van der Waals surface area contributed by atoms with Crippen molar-refractivity contribution in [3.05, 3.63) is 40.8 Å². The van der Waals surface area contributed by atoms with E-state index in [0.717, 1.165) is 35.0 Å². The number of hydrogen-bond donors (Lipinski definition) is 1. The SMILES string of the molecule is CCNCc1ccc(Sc2nc(C)c(C)o2)c(C#N)c1. The number of aromatic nitrogens is 1. The van der Waals surface area contributed by atoms with E-state index < -0.39 is 0 Å². The molecule has 0 aliphatic heterocycles. The Balaban J connectivity index is 2.21. The summed E-state index contributed by atoms with van der Waals surface area (Å²) in [6, 6.07) is 8.12. The molecule has 0 bridgehead atoms. The van der Waals surface area contributed by atoms with Crippen LogP contribution >= 0.6 is 11.8 Å². The molecule has 5 heteroatoms. The number of nitrogens with zero attached hydrogens (tertiary/aromatic N) is 2. The molecule has 0 radical (unpaired) electrons. The van der Waals surface area contributed by atoms with Gasteiger partial charge >= 0.3 is 0 Å². The topological polar surface area (TPSA) is 61.9 Å². The third-order valence-corrected chi connectivity index (χ3v) is 3.87. The molecule has 0 atom stereocenters. The number of aryl methyl sites for hydroxylation is 2. The lowest BCUT2D eigenvalue weighted by Gasteiger charge is -2.05. The summed E-state index contributed by atoms with van der Waals surface area (Å²) in [5.41, 5.74) is 2.64. The normalized spacial score (nSPS) is 10.5. The van der Waals surface area contributed by atoms with Crippen molar-refractivity contribution in [1.29, 1.82) is 5.26 Å². The first kappa shape index (κ1) is 14.6. The van der Waals surface area contributed by atoms with Crippen LogP contribution in [0.5, 0.6) is 0 Å². The lowest BCUT2D eigenvalue weighted by molar-refractivity contribution is 0.431. The van der Waals surface area contributed by atoms with Gasteiger partial charge in [-0.05, 0) is 49.9 Å². The van der Waals surface area contributed by atoms with Crippen LogP contribution in [-0.4, -0.2) is 11.5 Å². The molecule has 1 N–H and O–H groups in total. The summed E-state index contributed by atoms with van der Waals surface area (Å²) in [5, 5.41) is 13.1. The van der Waals surface area contributed by atoms with Gasteiger partial charge in [-0.25, -0.2) is 4.98 Å². The van der Waals surface area contributed by atoms with E-state index in [1.54, 1.807) is 0 Å². The van der Waals surface area contributed by atoms with Crippen LogP contribution in [0.4, 0.5) is 0 Å². The quantitative estimate of drug-likeness (QED) is 0.913. The Morgan fingerprint density at radius 3 is 2.80 bits per heavy atom. The van der Waals surface area contributed by atoms with Gasteiger partial charge < -0.3 is 9.73 Å². The van der Waals surface area contributed by atoms with E-state index >= 15 is 0 Å². The van der Waals surface area contributed by atoms with E-state index in [2.05, 4.69) is 23.3 Å². The van der Waals surface area contributed by atoms with Gasteiger partial charge in [-0.1, -0.05) is 13.0 Å². The minimum atomic E-state index is 0.580. The third-order valence-electron chi connectivity index (χ3n) is 2.95.